The molecule has 0 bridgehead atoms. The molecule has 0 fully saturated rings. The maximum atomic E-state index is 10.1. The SMILES string of the molecule is CC(CC=O)CC(C)(C)C.O=CCCC(=O)O. The molecule has 0 saturated carbocycles. The molecule has 0 rings (SSSR count). The number of aliphatic carboxylic acids is 1. The van der Waals surface area contributed by atoms with Gasteiger partial charge in [0.15, 0.2) is 0 Å². The summed E-state index contributed by atoms with van der Waals surface area (Å²) in [5.74, 6) is -0.385. The molecule has 0 heterocycles. The molecule has 0 aromatic heterocycles. The van der Waals surface area contributed by atoms with Crippen LogP contribution >= 0.6 is 0 Å². The van der Waals surface area contributed by atoms with Gasteiger partial charge in [0, 0.05) is 12.8 Å². The van der Waals surface area contributed by atoms with E-state index in [2.05, 4.69) is 27.7 Å². The fraction of sp³-hybridized carbons (Fsp3) is 0.769. The standard InChI is InChI=1S/C9H18O.C4H6O3/c1-8(5-6-10)7-9(2,3)4;5-3-1-2-4(6)7/h6,8H,5,7H2,1-4H3;3H,1-2H2,(H,6,7). The normalized spacial score (nSPS) is 12.0. The topological polar surface area (TPSA) is 71.4 Å². The third-order valence-corrected chi connectivity index (χ3v) is 1.94. The molecule has 0 aromatic rings. The first-order valence-corrected chi connectivity index (χ1v) is 5.82. The summed E-state index contributed by atoms with van der Waals surface area (Å²) < 4.78 is 0. The van der Waals surface area contributed by atoms with Gasteiger partial charge in [-0.05, 0) is 17.8 Å². The Labute approximate surface area is 103 Å². The van der Waals surface area contributed by atoms with Crippen molar-refractivity contribution >= 4 is 18.5 Å². The van der Waals surface area contributed by atoms with Crippen molar-refractivity contribution in [1.29, 1.82) is 0 Å². The predicted octanol–water partition coefficient (Wildman–Crippen LogP) is 2.70. The molecule has 1 N–H and O–H groups in total. The number of carbonyl (C=O) groups is 3. The third kappa shape index (κ3) is 20.8. The molecule has 0 radical (unpaired) electrons. The first-order chi connectivity index (χ1) is 7.72. The fourth-order valence-corrected chi connectivity index (χ4v) is 1.48. The quantitative estimate of drug-likeness (QED) is 0.729. The molecule has 4 heteroatoms. The van der Waals surface area contributed by atoms with E-state index in [0.717, 1.165) is 12.7 Å². The highest BCUT2D eigenvalue weighted by Crippen LogP contribution is 2.25. The van der Waals surface area contributed by atoms with Crippen LogP contribution < -0.4 is 0 Å². The van der Waals surface area contributed by atoms with Crippen LogP contribution in [0.5, 0.6) is 0 Å². The van der Waals surface area contributed by atoms with Gasteiger partial charge >= 0.3 is 5.97 Å². The zero-order chi connectivity index (χ0) is 13.9. The minimum Gasteiger partial charge on any atom is -0.481 e. The summed E-state index contributed by atoms with van der Waals surface area (Å²) in [4.78, 5) is 29.1. The van der Waals surface area contributed by atoms with Crippen LogP contribution in [0.1, 0.15) is 53.4 Å². The Kier molecular flexibility index (Phi) is 10.7. The summed E-state index contributed by atoms with van der Waals surface area (Å²) in [6, 6.07) is 0. The molecule has 0 spiro atoms. The smallest absolute Gasteiger partial charge is 0.303 e. The van der Waals surface area contributed by atoms with E-state index in [1.165, 1.54) is 0 Å². The zero-order valence-electron chi connectivity index (χ0n) is 11.2. The fourth-order valence-electron chi connectivity index (χ4n) is 1.48. The van der Waals surface area contributed by atoms with Crippen LogP contribution in [-0.2, 0) is 14.4 Å². The van der Waals surface area contributed by atoms with E-state index in [4.69, 9.17) is 5.11 Å². The van der Waals surface area contributed by atoms with Crippen molar-refractivity contribution in [3.05, 3.63) is 0 Å². The van der Waals surface area contributed by atoms with Gasteiger partial charge in [0.25, 0.3) is 0 Å². The maximum absolute atomic E-state index is 10.1. The minimum absolute atomic E-state index is 0.0521. The van der Waals surface area contributed by atoms with E-state index in [1.807, 2.05) is 0 Å². The van der Waals surface area contributed by atoms with Gasteiger partial charge in [-0.1, -0.05) is 27.7 Å². The van der Waals surface area contributed by atoms with E-state index < -0.39 is 5.97 Å². The average molecular weight is 244 g/mol. The molecule has 1 unspecified atom stereocenters. The number of hydrogen-bond donors (Lipinski definition) is 1. The van der Waals surface area contributed by atoms with Gasteiger partial charge < -0.3 is 14.7 Å². The van der Waals surface area contributed by atoms with Crippen LogP contribution in [0.15, 0.2) is 0 Å². The highest BCUT2D eigenvalue weighted by molar-refractivity contribution is 5.70. The van der Waals surface area contributed by atoms with Crippen molar-refractivity contribution in [2.24, 2.45) is 11.3 Å². The lowest BCUT2D eigenvalue weighted by atomic mass is 9.84. The summed E-state index contributed by atoms with van der Waals surface area (Å²) in [5, 5.41) is 7.89. The van der Waals surface area contributed by atoms with Crippen LogP contribution in [-0.4, -0.2) is 23.6 Å². The first kappa shape index (κ1) is 18.2. The Bertz CT molecular complexity index is 228. The van der Waals surface area contributed by atoms with Gasteiger partial charge in [0.2, 0.25) is 0 Å². The Morgan fingerprint density at radius 3 is 2.00 bits per heavy atom. The predicted molar refractivity (Wildman–Crippen MR) is 66.9 cm³/mol. The average Bonchev–Trinajstić information content (AvgIpc) is 2.13. The zero-order valence-corrected chi connectivity index (χ0v) is 11.2. The number of hydrogen-bond acceptors (Lipinski definition) is 3. The Hall–Kier alpha value is -1.19. The van der Waals surface area contributed by atoms with Crippen molar-refractivity contribution < 1.29 is 19.5 Å². The Morgan fingerprint density at radius 2 is 1.76 bits per heavy atom. The van der Waals surface area contributed by atoms with Crippen LogP contribution in [0, 0.1) is 11.3 Å². The van der Waals surface area contributed by atoms with Crippen molar-refractivity contribution in [2.45, 2.75) is 53.4 Å². The molecule has 4 nitrogen and oxygen atoms in total. The second-order valence-corrected chi connectivity index (χ2v) is 5.37. The summed E-state index contributed by atoms with van der Waals surface area (Å²) in [5.41, 5.74) is 0.364. The van der Waals surface area contributed by atoms with Crippen molar-refractivity contribution in [3.8, 4) is 0 Å². The minimum atomic E-state index is -0.924. The van der Waals surface area contributed by atoms with E-state index in [1.54, 1.807) is 0 Å². The molecule has 0 amide bonds. The Balaban J connectivity index is 0. The van der Waals surface area contributed by atoms with Gasteiger partial charge in [0.05, 0.1) is 6.42 Å². The van der Waals surface area contributed by atoms with Crippen LogP contribution in [0.25, 0.3) is 0 Å². The molecule has 17 heavy (non-hydrogen) atoms. The second kappa shape index (κ2) is 10.00. The highest BCUT2D eigenvalue weighted by Gasteiger charge is 2.14. The molecule has 1 atom stereocenters. The Morgan fingerprint density at radius 1 is 1.24 bits per heavy atom. The summed E-state index contributed by atoms with van der Waals surface area (Å²) in [6.45, 7) is 8.73. The van der Waals surface area contributed by atoms with E-state index in [0.29, 0.717) is 24.0 Å². The van der Waals surface area contributed by atoms with Crippen molar-refractivity contribution in [1.82, 2.24) is 0 Å². The lowest BCUT2D eigenvalue weighted by Gasteiger charge is -2.21. The molecule has 0 aliphatic carbocycles. The lowest BCUT2D eigenvalue weighted by Crippen LogP contribution is -2.11. The molecular formula is C13H24O4. The number of carboxylic acids is 1. The molecule has 0 aliphatic rings. The molecule has 0 aromatic carbocycles. The van der Waals surface area contributed by atoms with Gasteiger partial charge in [-0.15, -0.1) is 0 Å². The molecule has 100 valence electrons. The van der Waals surface area contributed by atoms with Crippen LogP contribution in [0.4, 0.5) is 0 Å². The summed E-state index contributed by atoms with van der Waals surface area (Å²) >= 11 is 0. The number of aldehydes is 2. The molecular weight excluding hydrogens is 220 g/mol. The molecule has 0 aliphatic heterocycles. The number of rotatable bonds is 6. The number of carbonyl (C=O) groups excluding carboxylic acids is 2. The lowest BCUT2D eigenvalue weighted by molar-refractivity contribution is -0.137. The van der Waals surface area contributed by atoms with Crippen molar-refractivity contribution in [2.75, 3.05) is 0 Å². The van der Waals surface area contributed by atoms with Crippen LogP contribution in [0.3, 0.4) is 0 Å². The highest BCUT2D eigenvalue weighted by atomic mass is 16.4. The first-order valence-electron chi connectivity index (χ1n) is 5.82. The largest absolute Gasteiger partial charge is 0.481 e. The van der Waals surface area contributed by atoms with Crippen molar-refractivity contribution in [3.63, 3.8) is 0 Å². The van der Waals surface area contributed by atoms with E-state index >= 15 is 0 Å². The number of carboxylic acid groups (broad SMARTS) is 1. The van der Waals surface area contributed by atoms with Gasteiger partial charge in [-0.3, -0.25) is 4.79 Å². The monoisotopic (exact) mass is 244 g/mol. The van der Waals surface area contributed by atoms with Crippen LogP contribution in [0.2, 0.25) is 0 Å². The summed E-state index contributed by atoms with van der Waals surface area (Å²) in [6.07, 6.45) is 3.51. The third-order valence-electron chi connectivity index (χ3n) is 1.94. The summed E-state index contributed by atoms with van der Waals surface area (Å²) in [7, 11) is 0. The molecule has 0 saturated heterocycles. The second-order valence-electron chi connectivity index (χ2n) is 5.37. The maximum Gasteiger partial charge on any atom is 0.303 e. The van der Waals surface area contributed by atoms with Gasteiger partial charge in [-0.2, -0.15) is 0 Å². The van der Waals surface area contributed by atoms with Gasteiger partial charge in [0.1, 0.15) is 12.6 Å². The van der Waals surface area contributed by atoms with E-state index in [9.17, 15) is 14.4 Å². The van der Waals surface area contributed by atoms with Gasteiger partial charge in [-0.25, -0.2) is 0 Å². The van der Waals surface area contributed by atoms with E-state index in [-0.39, 0.29) is 12.8 Å².